The molecule has 0 radical (unpaired) electrons. The smallest absolute Gasteiger partial charge is 0.161 e. The van der Waals surface area contributed by atoms with Gasteiger partial charge in [0.15, 0.2) is 17.6 Å². The van der Waals surface area contributed by atoms with Gasteiger partial charge >= 0.3 is 0 Å². The van der Waals surface area contributed by atoms with Gasteiger partial charge in [0.25, 0.3) is 0 Å². The maximum Gasteiger partial charge on any atom is 0.161 e. The minimum absolute atomic E-state index is 0.00653. The van der Waals surface area contributed by atoms with Crippen LogP contribution in [0.4, 0.5) is 0 Å². The Bertz CT molecular complexity index is 2600. The van der Waals surface area contributed by atoms with Crippen LogP contribution < -0.4 is 30.2 Å². The van der Waals surface area contributed by atoms with Gasteiger partial charge in [0.05, 0.1) is 26.6 Å². The number of hydrogen-bond acceptors (Lipinski definition) is 11. The molecule has 3 heterocycles. The normalized spacial score (nSPS) is 20.4. The lowest BCUT2D eigenvalue weighted by Gasteiger charge is -2.47. The molecule has 9 rings (SSSR count). The first kappa shape index (κ1) is 43.6. The Balaban J connectivity index is 1.21. The first-order valence-electron chi connectivity index (χ1n) is 22.5. The molecule has 1 aliphatic carbocycles. The molecule has 0 bridgehead atoms. The fraction of sp³-hybridized carbons (Fsp3) is 0.385. The Morgan fingerprint density at radius 2 is 1.77 bits per heavy atom. The van der Waals surface area contributed by atoms with E-state index in [2.05, 4.69) is 57.3 Å². The number of hydrogen-bond donors (Lipinski definition) is 8. The Labute approximate surface area is 374 Å². The van der Waals surface area contributed by atoms with E-state index >= 15 is 0 Å². The van der Waals surface area contributed by atoms with Gasteiger partial charge in [-0.2, -0.15) is 0 Å². The molecule has 0 saturated carbocycles. The number of nitrogens with one attached hydrogen (secondary N) is 4. The second-order valence-corrected chi connectivity index (χ2v) is 17.7. The van der Waals surface area contributed by atoms with E-state index in [4.69, 9.17) is 18.9 Å². The van der Waals surface area contributed by atoms with Crippen LogP contribution in [0.5, 0.6) is 28.7 Å². The second kappa shape index (κ2) is 18.9. The lowest BCUT2D eigenvalue weighted by atomic mass is 9.70. The van der Waals surface area contributed by atoms with Gasteiger partial charge in [0.1, 0.15) is 29.0 Å². The van der Waals surface area contributed by atoms with E-state index < -0.39 is 17.8 Å². The van der Waals surface area contributed by atoms with E-state index in [1.807, 2.05) is 55.7 Å². The van der Waals surface area contributed by atoms with Crippen LogP contribution in [0.3, 0.4) is 0 Å². The van der Waals surface area contributed by atoms with Gasteiger partial charge in [-0.15, -0.1) is 0 Å². The molecule has 8 N–H and O–H groups in total. The van der Waals surface area contributed by atoms with Crippen LogP contribution in [-0.4, -0.2) is 90.5 Å². The standard InChI is InChI=1S/C52H60N4O8/c1-31(58)26-54-29-55-28-52(62-30-53-2)25-44-43-22-36(20-33-10-16-45-34(19-33)17-18-56-45)42-24-38(59)12-14-40(42)47(43)50-41(15-13-39(27-57)63-50)49(44)64-51(52)37-21-35(48(60)46(23-37)61-3)11-9-32-7-5-4-6-8-32/h4-8,10,12,14,16-19,21,23-24,31,36,39,51,53-60H,9,11,13,15,20,22,25-30H2,1-3H3/t31-,36-,39+,51+,52-/m0/s1. The molecule has 12 heteroatoms. The summed E-state index contributed by atoms with van der Waals surface area (Å²) >= 11 is 0. The number of aryl methyl sites for hydroxylation is 2. The van der Waals surface area contributed by atoms with Gasteiger partial charge in [0, 0.05) is 54.6 Å². The molecule has 0 saturated heterocycles. The number of ether oxygens (including phenoxy) is 4. The van der Waals surface area contributed by atoms with Crippen LogP contribution in [0.2, 0.25) is 0 Å². The number of aliphatic hydroxyl groups excluding tert-OH is 2. The van der Waals surface area contributed by atoms with E-state index in [9.17, 15) is 20.4 Å². The van der Waals surface area contributed by atoms with Crippen LogP contribution in [0, 0.1) is 0 Å². The van der Waals surface area contributed by atoms with Crippen molar-refractivity contribution >= 4 is 10.9 Å². The van der Waals surface area contributed by atoms with Crippen LogP contribution in [0.15, 0.2) is 91.1 Å². The minimum atomic E-state index is -1.00. The monoisotopic (exact) mass is 868 g/mol. The predicted octanol–water partition coefficient (Wildman–Crippen LogP) is 6.73. The highest BCUT2D eigenvalue weighted by molar-refractivity contribution is 5.85. The molecule has 0 spiro atoms. The van der Waals surface area contributed by atoms with E-state index in [0.29, 0.717) is 63.4 Å². The van der Waals surface area contributed by atoms with Gasteiger partial charge in [-0.05, 0) is 145 Å². The zero-order valence-corrected chi connectivity index (χ0v) is 36.9. The summed E-state index contributed by atoms with van der Waals surface area (Å²) < 4.78 is 27.3. The fourth-order valence-corrected chi connectivity index (χ4v) is 10.2. The van der Waals surface area contributed by atoms with E-state index in [-0.39, 0.29) is 36.9 Å². The van der Waals surface area contributed by atoms with Crippen molar-refractivity contribution in [3.8, 4) is 39.9 Å². The summed E-state index contributed by atoms with van der Waals surface area (Å²) in [5, 5.41) is 54.4. The molecule has 12 nitrogen and oxygen atoms in total. The quantitative estimate of drug-likeness (QED) is 0.0361. The van der Waals surface area contributed by atoms with Gasteiger partial charge in [-0.25, -0.2) is 0 Å². The van der Waals surface area contributed by atoms with Crippen molar-refractivity contribution in [1.82, 2.24) is 20.9 Å². The van der Waals surface area contributed by atoms with Gasteiger partial charge in [0.2, 0.25) is 0 Å². The molecule has 5 aromatic carbocycles. The van der Waals surface area contributed by atoms with Gasteiger partial charge < -0.3 is 55.0 Å². The third-order valence-corrected chi connectivity index (χ3v) is 13.2. The number of aliphatic hydroxyl groups is 2. The summed E-state index contributed by atoms with van der Waals surface area (Å²) in [7, 11) is 3.43. The van der Waals surface area contributed by atoms with Gasteiger partial charge in [-0.1, -0.05) is 42.5 Å². The van der Waals surface area contributed by atoms with Crippen molar-refractivity contribution in [2.75, 3.05) is 47.3 Å². The SMILES string of the molecule is CNCO[C@]1(CNCNC[C@H](C)O)Cc2c3c(c4c(c2O[C@@H]1c1cc(CCc2ccccc2)c(O)c(OC)c1)CC[C@H](CO)O4)-c1ccc(O)cc1[C@@H](Cc1ccc2[nH]ccc2c1)C3. The molecule has 0 unspecified atom stereocenters. The molecule has 64 heavy (non-hydrogen) atoms. The van der Waals surface area contributed by atoms with E-state index in [1.54, 1.807) is 20.1 Å². The summed E-state index contributed by atoms with van der Waals surface area (Å²) in [6, 6.07) is 28.4. The molecule has 336 valence electrons. The van der Waals surface area contributed by atoms with E-state index in [0.717, 1.165) is 79.6 Å². The van der Waals surface area contributed by atoms with Gasteiger partial charge in [-0.3, -0.25) is 5.32 Å². The Hall–Kier alpha value is -5.60. The lowest BCUT2D eigenvalue weighted by Crippen LogP contribution is -2.56. The molecule has 1 aromatic heterocycles. The molecular weight excluding hydrogens is 809 g/mol. The first-order chi connectivity index (χ1) is 31.2. The number of rotatable bonds is 17. The van der Waals surface area contributed by atoms with Crippen LogP contribution in [-0.2, 0) is 43.3 Å². The largest absolute Gasteiger partial charge is 0.508 e. The first-order valence-corrected chi connectivity index (χ1v) is 22.5. The zero-order chi connectivity index (χ0) is 44.4. The number of aromatic hydroxyl groups is 2. The predicted molar refractivity (Wildman–Crippen MR) is 248 cm³/mol. The number of fused-ring (bicyclic) bond motifs is 9. The van der Waals surface area contributed by atoms with Crippen molar-refractivity contribution < 1.29 is 39.4 Å². The van der Waals surface area contributed by atoms with E-state index in [1.165, 1.54) is 5.56 Å². The van der Waals surface area contributed by atoms with Crippen LogP contribution in [0.1, 0.15) is 69.9 Å². The van der Waals surface area contributed by atoms with Crippen LogP contribution in [0.25, 0.3) is 22.0 Å². The lowest BCUT2D eigenvalue weighted by molar-refractivity contribution is -0.129. The Morgan fingerprint density at radius 1 is 0.906 bits per heavy atom. The number of aromatic nitrogens is 1. The molecule has 5 atom stereocenters. The molecular formula is C52H60N4O8. The molecule has 2 aliphatic heterocycles. The Morgan fingerprint density at radius 3 is 2.56 bits per heavy atom. The van der Waals surface area contributed by atoms with Crippen molar-refractivity contribution in [2.24, 2.45) is 0 Å². The molecule has 0 fully saturated rings. The zero-order valence-electron chi connectivity index (χ0n) is 36.9. The highest BCUT2D eigenvalue weighted by Gasteiger charge is 2.50. The van der Waals surface area contributed by atoms with Crippen molar-refractivity contribution in [2.45, 2.75) is 81.7 Å². The second-order valence-electron chi connectivity index (χ2n) is 17.7. The minimum Gasteiger partial charge on any atom is -0.508 e. The van der Waals surface area contributed by atoms with Crippen molar-refractivity contribution in [1.29, 1.82) is 0 Å². The number of benzene rings is 5. The topological polar surface area (TPSA) is 170 Å². The summed E-state index contributed by atoms with van der Waals surface area (Å²) in [5.41, 5.74) is 10.1. The fourth-order valence-electron chi connectivity index (χ4n) is 10.2. The maximum absolute atomic E-state index is 11.6. The van der Waals surface area contributed by atoms with Crippen molar-refractivity contribution in [3.05, 3.63) is 136 Å². The third kappa shape index (κ3) is 8.66. The number of aromatic amines is 1. The molecule has 3 aliphatic rings. The Kier molecular flexibility index (Phi) is 12.9. The summed E-state index contributed by atoms with van der Waals surface area (Å²) in [4.78, 5) is 3.31. The summed E-state index contributed by atoms with van der Waals surface area (Å²) in [6.07, 6.45) is 4.77. The number of phenols is 2. The van der Waals surface area contributed by atoms with Crippen molar-refractivity contribution in [3.63, 3.8) is 0 Å². The molecule has 6 aromatic rings. The van der Waals surface area contributed by atoms with Crippen LogP contribution >= 0.6 is 0 Å². The average molecular weight is 869 g/mol. The average Bonchev–Trinajstić information content (AvgIpc) is 3.78. The summed E-state index contributed by atoms with van der Waals surface area (Å²) in [6.45, 7) is 3.07. The number of H-pyrrole nitrogens is 1. The highest BCUT2D eigenvalue weighted by Crippen LogP contribution is 2.58. The number of methoxy groups -OCH3 is 1. The summed E-state index contributed by atoms with van der Waals surface area (Å²) in [5.74, 6) is 2.15. The highest BCUT2D eigenvalue weighted by atomic mass is 16.6. The maximum atomic E-state index is 11.6. The third-order valence-electron chi connectivity index (χ3n) is 13.2. The number of phenolic OH excluding ortho intramolecular Hbond substituents is 2. The molecule has 0 amide bonds.